The van der Waals surface area contributed by atoms with Gasteiger partial charge in [0, 0.05) is 11.8 Å². The van der Waals surface area contributed by atoms with Gasteiger partial charge in [0.05, 0.1) is 11.6 Å². The summed E-state index contributed by atoms with van der Waals surface area (Å²) in [5, 5.41) is 8.76. The van der Waals surface area contributed by atoms with Crippen LogP contribution in [0, 0.1) is 11.6 Å². The minimum atomic E-state index is -0.834. The molecule has 0 bridgehead atoms. The summed E-state index contributed by atoms with van der Waals surface area (Å²) in [5.41, 5.74) is 0.0161. The molecular weight excluding hydrogens is 264 g/mol. The molecule has 0 spiro atoms. The summed E-state index contributed by atoms with van der Waals surface area (Å²) in [7, 11) is 0. The van der Waals surface area contributed by atoms with E-state index in [4.69, 9.17) is 21.4 Å². The summed E-state index contributed by atoms with van der Waals surface area (Å²) < 4.78 is 32.2. The Morgan fingerprint density at radius 3 is 2.72 bits per heavy atom. The van der Waals surface area contributed by atoms with Crippen molar-refractivity contribution in [1.29, 1.82) is 0 Å². The maximum absolute atomic E-state index is 13.7. The largest absolute Gasteiger partial charge is 0.433 e. The molecule has 0 saturated carbocycles. The number of benzene rings is 1. The summed E-state index contributed by atoms with van der Waals surface area (Å²) in [6, 6.07) is 5.41. The number of ether oxygens (including phenoxy) is 1. The number of nitrogens with zero attached hydrogens (tertiary/aromatic N) is 1. The number of rotatable bonds is 3. The van der Waals surface area contributed by atoms with Crippen LogP contribution in [0.1, 0.15) is 5.56 Å². The second-order valence-electron chi connectivity index (χ2n) is 3.40. The van der Waals surface area contributed by atoms with Crippen LogP contribution in [-0.4, -0.2) is 10.1 Å². The summed E-state index contributed by atoms with van der Waals surface area (Å²) in [5.74, 6) is -2.28. The molecule has 0 radical (unpaired) electrons. The van der Waals surface area contributed by atoms with Crippen molar-refractivity contribution in [3.63, 3.8) is 0 Å². The number of hydrogen-bond acceptors (Lipinski definition) is 3. The van der Waals surface area contributed by atoms with Gasteiger partial charge in [0.2, 0.25) is 0 Å². The first-order chi connectivity index (χ1) is 8.63. The number of aliphatic hydroxyl groups excluding tert-OH is 1. The molecule has 0 saturated heterocycles. The van der Waals surface area contributed by atoms with Crippen LogP contribution in [-0.2, 0) is 6.61 Å². The molecule has 1 heterocycles. The van der Waals surface area contributed by atoms with Gasteiger partial charge in [-0.1, -0.05) is 17.7 Å². The molecule has 2 rings (SSSR count). The summed E-state index contributed by atoms with van der Waals surface area (Å²) >= 11 is 5.57. The molecule has 0 unspecified atom stereocenters. The van der Waals surface area contributed by atoms with E-state index in [0.717, 1.165) is 0 Å². The van der Waals surface area contributed by atoms with Gasteiger partial charge in [0.25, 0.3) is 5.88 Å². The van der Waals surface area contributed by atoms with Gasteiger partial charge < -0.3 is 9.84 Å². The predicted octanol–water partition coefficient (Wildman–Crippen LogP) is 3.30. The third-order valence-corrected chi connectivity index (χ3v) is 2.52. The zero-order chi connectivity index (χ0) is 13.1. The normalized spacial score (nSPS) is 10.4. The molecule has 0 atom stereocenters. The lowest BCUT2D eigenvalue weighted by atomic mass is 10.2. The molecule has 0 aliphatic carbocycles. The van der Waals surface area contributed by atoms with E-state index >= 15 is 0 Å². The Morgan fingerprint density at radius 2 is 2.00 bits per heavy atom. The van der Waals surface area contributed by atoms with E-state index in [0.29, 0.717) is 0 Å². The van der Waals surface area contributed by atoms with Gasteiger partial charge in [-0.2, -0.15) is 0 Å². The van der Waals surface area contributed by atoms with Crippen molar-refractivity contribution in [1.82, 2.24) is 4.98 Å². The van der Waals surface area contributed by atoms with Crippen molar-refractivity contribution in [3.8, 4) is 11.6 Å². The maximum atomic E-state index is 13.7. The number of aliphatic hydroxyl groups is 1. The van der Waals surface area contributed by atoms with Crippen LogP contribution < -0.4 is 4.74 Å². The first-order valence-corrected chi connectivity index (χ1v) is 5.37. The molecule has 94 valence electrons. The molecule has 3 nitrogen and oxygen atoms in total. The molecule has 0 amide bonds. The fourth-order valence-corrected chi connectivity index (χ4v) is 1.49. The van der Waals surface area contributed by atoms with Gasteiger partial charge >= 0.3 is 0 Å². The first kappa shape index (κ1) is 12.7. The highest BCUT2D eigenvalue weighted by atomic mass is 35.5. The average molecular weight is 272 g/mol. The molecule has 6 heteroatoms. The predicted molar refractivity (Wildman–Crippen MR) is 61.6 cm³/mol. The highest BCUT2D eigenvalue weighted by molar-refractivity contribution is 6.30. The van der Waals surface area contributed by atoms with Crippen molar-refractivity contribution < 1.29 is 18.6 Å². The SMILES string of the molecule is OCc1ccnc(Oc2cccc(Cl)c2F)c1F. The van der Waals surface area contributed by atoms with Crippen LogP contribution in [0.2, 0.25) is 5.02 Å². The summed E-state index contributed by atoms with van der Waals surface area (Å²) in [4.78, 5) is 3.63. The molecule has 0 aliphatic heterocycles. The fraction of sp³-hybridized carbons (Fsp3) is 0.0833. The minimum Gasteiger partial charge on any atom is -0.433 e. The lowest BCUT2D eigenvalue weighted by molar-refractivity contribution is 0.272. The third kappa shape index (κ3) is 2.42. The highest BCUT2D eigenvalue weighted by Gasteiger charge is 2.14. The molecule has 2 aromatic rings. The molecule has 1 aromatic carbocycles. The monoisotopic (exact) mass is 271 g/mol. The zero-order valence-corrected chi connectivity index (χ0v) is 9.79. The van der Waals surface area contributed by atoms with E-state index in [9.17, 15) is 8.78 Å². The Balaban J connectivity index is 2.37. The average Bonchev–Trinajstić information content (AvgIpc) is 2.37. The molecule has 18 heavy (non-hydrogen) atoms. The van der Waals surface area contributed by atoms with Crippen LogP contribution in [0.4, 0.5) is 8.78 Å². The van der Waals surface area contributed by atoms with Gasteiger partial charge in [0.1, 0.15) is 0 Å². The van der Waals surface area contributed by atoms with Gasteiger partial charge in [-0.15, -0.1) is 0 Å². The van der Waals surface area contributed by atoms with Crippen molar-refractivity contribution in [3.05, 3.63) is 52.7 Å². The van der Waals surface area contributed by atoms with Crippen molar-refractivity contribution in [2.45, 2.75) is 6.61 Å². The maximum Gasteiger partial charge on any atom is 0.256 e. The van der Waals surface area contributed by atoms with Gasteiger partial charge in [-0.3, -0.25) is 0 Å². The van der Waals surface area contributed by atoms with Gasteiger partial charge in [0.15, 0.2) is 17.4 Å². The van der Waals surface area contributed by atoms with Crippen LogP contribution in [0.5, 0.6) is 11.6 Å². The van der Waals surface area contributed by atoms with Gasteiger partial charge in [-0.25, -0.2) is 13.8 Å². The fourth-order valence-electron chi connectivity index (χ4n) is 1.32. The minimum absolute atomic E-state index is 0.0161. The first-order valence-electron chi connectivity index (χ1n) is 4.99. The summed E-state index contributed by atoms with van der Waals surface area (Å²) in [6.45, 7) is -0.497. The Labute approximate surface area is 107 Å². The van der Waals surface area contributed by atoms with Gasteiger partial charge in [-0.05, 0) is 18.2 Å². The van der Waals surface area contributed by atoms with Crippen LogP contribution >= 0.6 is 11.6 Å². The Kier molecular flexibility index (Phi) is 3.74. The van der Waals surface area contributed by atoms with Crippen molar-refractivity contribution in [2.75, 3.05) is 0 Å². The zero-order valence-electron chi connectivity index (χ0n) is 9.03. The van der Waals surface area contributed by atoms with E-state index in [2.05, 4.69) is 4.98 Å². The lowest BCUT2D eigenvalue weighted by Gasteiger charge is -2.08. The number of pyridine rings is 1. The van der Waals surface area contributed by atoms with E-state index in [1.165, 1.54) is 30.5 Å². The molecule has 0 aliphatic rings. The molecular formula is C12H8ClF2NO2. The summed E-state index contributed by atoms with van der Waals surface area (Å²) in [6.07, 6.45) is 1.26. The Bertz CT molecular complexity index is 578. The second-order valence-corrected chi connectivity index (χ2v) is 3.81. The van der Waals surface area contributed by atoms with E-state index < -0.39 is 24.1 Å². The quantitative estimate of drug-likeness (QED) is 0.931. The second kappa shape index (κ2) is 5.29. The third-order valence-electron chi connectivity index (χ3n) is 2.23. The van der Waals surface area contributed by atoms with Crippen LogP contribution in [0.25, 0.3) is 0 Å². The highest BCUT2D eigenvalue weighted by Crippen LogP contribution is 2.29. The molecule has 0 fully saturated rings. The van der Waals surface area contributed by atoms with E-state index in [-0.39, 0.29) is 16.3 Å². The van der Waals surface area contributed by atoms with E-state index in [1.807, 2.05) is 0 Å². The molecule has 1 N–H and O–H groups in total. The standard InChI is InChI=1S/C12H8ClF2NO2/c13-8-2-1-3-9(11(8)15)18-12-10(14)7(6-17)4-5-16-12/h1-5,17H,6H2. The lowest BCUT2D eigenvalue weighted by Crippen LogP contribution is -1.98. The smallest absolute Gasteiger partial charge is 0.256 e. The molecule has 1 aromatic heterocycles. The van der Waals surface area contributed by atoms with Crippen molar-refractivity contribution >= 4 is 11.6 Å². The number of aromatic nitrogens is 1. The number of hydrogen-bond donors (Lipinski definition) is 1. The Hall–Kier alpha value is -1.72. The van der Waals surface area contributed by atoms with E-state index in [1.54, 1.807) is 0 Å². The van der Waals surface area contributed by atoms with Crippen LogP contribution in [0.3, 0.4) is 0 Å². The number of halogens is 3. The Morgan fingerprint density at radius 1 is 1.22 bits per heavy atom. The topological polar surface area (TPSA) is 42.4 Å². The van der Waals surface area contributed by atoms with Crippen LogP contribution in [0.15, 0.2) is 30.5 Å². The van der Waals surface area contributed by atoms with Crippen molar-refractivity contribution in [2.24, 2.45) is 0 Å².